The van der Waals surface area contributed by atoms with Gasteiger partial charge >= 0.3 is 21.5 Å². The van der Waals surface area contributed by atoms with Gasteiger partial charge in [0.05, 0.1) is 11.9 Å². The molecule has 1 heterocycles. The van der Waals surface area contributed by atoms with Gasteiger partial charge in [0.1, 0.15) is 5.69 Å². The van der Waals surface area contributed by atoms with Crippen molar-refractivity contribution in [3.63, 3.8) is 0 Å². The Morgan fingerprint density at radius 3 is 2.29 bits per heavy atom. The van der Waals surface area contributed by atoms with E-state index in [-0.39, 0.29) is 0 Å². The quantitative estimate of drug-likeness (QED) is 0.855. The molecule has 2 N–H and O–H groups in total. The number of nitrogens with one attached hydrogen (secondary N) is 1. The summed E-state index contributed by atoms with van der Waals surface area (Å²) in [6, 6.07) is 1.73. The second-order valence-corrected chi connectivity index (χ2v) is 4.46. The van der Waals surface area contributed by atoms with E-state index < -0.39 is 32.9 Å². The molecular weight excluding hydrogens is 265 g/mol. The predicted octanol–water partition coefficient (Wildman–Crippen LogP) is 1.04. The lowest BCUT2D eigenvalue weighted by Crippen LogP contribution is -2.29. The monoisotopic (exact) mass is 270 g/mol. The number of alkyl halides is 3. The number of rotatable bonds is 3. The number of aromatic nitrogens is 1. The number of nitrogens with zero attached hydrogens (tertiary/aromatic N) is 1. The number of hydrogen-bond acceptors (Lipinski definition) is 4. The summed E-state index contributed by atoms with van der Waals surface area (Å²) in [4.78, 5) is 13.6. The van der Waals surface area contributed by atoms with E-state index in [9.17, 15) is 26.4 Å². The molecule has 0 aliphatic heterocycles. The summed E-state index contributed by atoms with van der Waals surface area (Å²) in [5.41, 5.74) is -6.34. The normalized spacial score (nSPS) is 12.2. The highest BCUT2D eigenvalue weighted by Gasteiger charge is 2.46. The third kappa shape index (κ3) is 3.06. The van der Waals surface area contributed by atoms with Gasteiger partial charge < -0.3 is 5.11 Å². The fourth-order valence-corrected chi connectivity index (χ4v) is 1.34. The van der Waals surface area contributed by atoms with Crippen molar-refractivity contribution in [2.45, 2.75) is 5.51 Å². The highest BCUT2D eigenvalue weighted by atomic mass is 32.2. The number of carboxylic acid groups (broad SMARTS) is 1. The highest BCUT2D eigenvalue weighted by molar-refractivity contribution is 7.93. The average Bonchev–Trinajstić information content (AvgIpc) is 2.16. The van der Waals surface area contributed by atoms with Gasteiger partial charge in [-0.05, 0) is 12.1 Å². The van der Waals surface area contributed by atoms with Crippen LogP contribution in [0.2, 0.25) is 0 Å². The Hall–Kier alpha value is -1.84. The molecule has 0 radical (unpaired) electrons. The SMILES string of the molecule is O=C(O)c1ccc(NS(=O)(=O)C(F)(F)F)cn1. The first-order chi connectivity index (χ1) is 7.63. The smallest absolute Gasteiger partial charge is 0.477 e. The first-order valence-electron chi connectivity index (χ1n) is 3.92. The van der Waals surface area contributed by atoms with Crippen molar-refractivity contribution < 1.29 is 31.5 Å². The number of carbonyl (C=O) groups is 1. The van der Waals surface area contributed by atoms with Gasteiger partial charge in [0.15, 0.2) is 0 Å². The van der Waals surface area contributed by atoms with Crippen LogP contribution in [0.3, 0.4) is 0 Å². The van der Waals surface area contributed by atoms with Crippen molar-refractivity contribution in [3.05, 3.63) is 24.0 Å². The Labute approximate surface area is 93.1 Å². The summed E-state index contributed by atoms with van der Waals surface area (Å²) < 4.78 is 58.4. The lowest BCUT2D eigenvalue weighted by Gasteiger charge is -2.09. The van der Waals surface area contributed by atoms with Crippen molar-refractivity contribution in [1.82, 2.24) is 4.98 Å². The molecule has 0 aliphatic carbocycles. The summed E-state index contributed by atoms with van der Waals surface area (Å²) >= 11 is 0. The van der Waals surface area contributed by atoms with Crippen LogP contribution in [-0.4, -0.2) is 30.0 Å². The summed E-state index contributed by atoms with van der Waals surface area (Å²) in [6.45, 7) is 0. The van der Waals surface area contributed by atoms with E-state index in [2.05, 4.69) is 4.98 Å². The van der Waals surface area contributed by atoms with Crippen LogP contribution >= 0.6 is 0 Å². The van der Waals surface area contributed by atoms with Gasteiger partial charge in [-0.3, -0.25) is 4.72 Å². The van der Waals surface area contributed by atoms with Crippen molar-refractivity contribution >= 4 is 21.7 Å². The van der Waals surface area contributed by atoms with Gasteiger partial charge in [0.25, 0.3) is 0 Å². The lowest BCUT2D eigenvalue weighted by molar-refractivity contribution is -0.0429. The Morgan fingerprint density at radius 2 is 1.94 bits per heavy atom. The molecule has 94 valence electrons. The third-order valence-corrected chi connectivity index (χ3v) is 2.65. The van der Waals surface area contributed by atoms with Crippen LogP contribution < -0.4 is 4.72 Å². The molecule has 10 heteroatoms. The Bertz CT molecular complexity index is 523. The van der Waals surface area contributed by atoms with E-state index >= 15 is 0 Å². The van der Waals surface area contributed by atoms with Crippen LogP contribution in [0.5, 0.6) is 0 Å². The van der Waals surface area contributed by atoms with Gasteiger partial charge in [-0.25, -0.2) is 9.78 Å². The van der Waals surface area contributed by atoms with Crippen LogP contribution in [0.15, 0.2) is 18.3 Å². The molecule has 0 spiro atoms. The second kappa shape index (κ2) is 4.20. The molecule has 17 heavy (non-hydrogen) atoms. The van der Waals surface area contributed by atoms with Crippen LogP contribution in [0.1, 0.15) is 10.5 Å². The molecule has 1 aromatic rings. The molecule has 0 amide bonds. The van der Waals surface area contributed by atoms with Crippen LogP contribution in [0.4, 0.5) is 18.9 Å². The zero-order valence-electron chi connectivity index (χ0n) is 7.89. The maximum Gasteiger partial charge on any atom is 0.516 e. The molecule has 6 nitrogen and oxygen atoms in total. The molecule has 0 saturated carbocycles. The molecule has 0 aliphatic rings. The zero-order chi connectivity index (χ0) is 13.3. The van der Waals surface area contributed by atoms with E-state index in [1.165, 1.54) is 4.72 Å². The lowest BCUT2D eigenvalue weighted by atomic mass is 10.3. The number of aromatic carboxylic acids is 1. The molecule has 0 saturated heterocycles. The minimum absolute atomic E-state index is 0.417. The predicted molar refractivity (Wildman–Crippen MR) is 49.8 cm³/mol. The number of hydrogen-bond donors (Lipinski definition) is 2. The fourth-order valence-electron chi connectivity index (χ4n) is 0.794. The molecular formula is C7H5F3N2O4S. The Balaban J connectivity index is 2.95. The van der Waals surface area contributed by atoms with Gasteiger partial charge in [-0.15, -0.1) is 0 Å². The van der Waals surface area contributed by atoms with E-state index in [4.69, 9.17) is 5.11 Å². The molecule has 0 aromatic carbocycles. The van der Waals surface area contributed by atoms with E-state index in [1.807, 2.05) is 0 Å². The molecule has 1 rings (SSSR count). The molecule has 1 aromatic heterocycles. The van der Waals surface area contributed by atoms with Crippen molar-refractivity contribution in [1.29, 1.82) is 0 Å². The third-order valence-electron chi connectivity index (χ3n) is 1.54. The van der Waals surface area contributed by atoms with E-state index in [0.717, 1.165) is 12.1 Å². The van der Waals surface area contributed by atoms with Crippen LogP contribution in [-0.2, 0) is 10.0 Å². The fraction of sp³-hybridized carbons (Fsp3) is 0.143. The highest BCUT2D eigenvalue weighted by Crippen LogP contribution is 2.24. The van der Waals surface area contributed by atoms with Gasteiger partial charge in [-0.1, -0.05) is 0 Å². The van der Waals surface area contributed by atoms with Gasteiger partial charge in [-0.2, -0.15) is 21.6 Å². The number of halogens is 3. The molecule has 0 bridgehead atoms. The first kappa shape index (κ1) is 13.2. The van der Waals surface area contributed by atoms with E-state index in [1.54, 1.807) is 0 Å². The Morgan fingerprint density at radius 1 is 1.35 bits per heavy atom. The minimum Gasteiger partial charge on any atom is -0.477 e. The number of pyridine rings is 1. The van der Waals surface area contributed by atoms with Crippen molar-refractivity contribution in [2.24, 2.45) is 0 Å². The first-order valence-corrected chi connectivity index (χ1v) is 5.40. The zero-order valence-corrected chi connectivity index (χ0v) is 8.71. The maximum atomic E-state index is 12.0. The topological polar surface area (TPSA) is 96.4 Å². The van der Waals surface area contributed by atoms with Crippen LogP contribution in [0.25, 0.3) is 0 Å². The largest absolute Gasteiger partial charge is 0.516 e. The number of carboxylic acids is 1. The van der Waals surface area contributed by atoms with Crippen molar-refractivity contribution in [2.75, 3.05) is 4.72 Å². The summed E-state index contributed by atoms with van der Waals surface area (Å²) in [6.07, 6.45) is 0.673. The van der Waals surface area contributed by atoms with Gasteiger partial charge in [0, 0.05) is 0 Å². The second-order valence-electron chi connectivity index (χ2n) is 2.79. The standard InChI is InChI=1S/C7H5F3N2O4S/c8-7(9,10)17(15,16)12-4-1-2-5(6(13)14)11-3-4/h1-3,12H,(H,13,14). The number of sulfonamides is 1. The van der Waals surface area contributed by atoms with E-state index in [0.29, 0.717) is 6.20 Å². The summed E-state index contributed by atoms with van der Waals surface area (Å²) in [5, 5.41) is 8.46. The Kier molecular flexibility index (Phi) is 3.27. The minimum atomic E-state index is -5.52. The maximum absolute atomic E-state index is 12.0. The summed E-state index contributed by atoms with van der Waals surface area (Å²) in [7, 11) is -5.52. The summed E-state index contributed by atoms with van der Waals surface area (Å²) in [5.74, 6) is -1.38. The molecule has 0 atom stereocenters. The van der Waals surface area contributed by atoms with Crippen LogP contribution in [0, 0.1) is 0 Å². The van der Waals surface area contributed by atoms with Gasteiger partial charge in [0.2, 0.25) is 0 Å². The molecule has 0 fully saturated rings. The average molecular weight is 270 g/mol. The van der Waals surface area contributed by atoms with Crippen molar-refractivity contribution in [3.8, 4) is 0 Å². The number of anilines is 1. The molecule has 0 unspecified atom stereocenters.